The van der Waals surface area contributed by atoms with E-state index in [-0.39, 0.29) is 0 Å². The van der Waals surface area contributed by atoms with Gasteiger partial charge < -0.3 is 5.73 Å². The maximum Gasteiger partial charge on any atom is 0.0676 e. The lowest BCUT2D eigenvalue weighted by atomic mass is 10.2. The maximum atomic E-state index is 5.68. The van der Waals surface area contributed by atoms with Gasteiger partial charge in [-0.25, -0.2) is 4.68 Å². The lowest BCUT2D eigenvalue weighted by molar-refractivity contribution is 0.873. The van der Waals surface area contributed by atoms with Crippen LogP contribution in [0.25, 0.3) is 5.69 Å². The van der Waals surface area contributed by atoms with Crippen LogP contribution in [0.15, 0.2) is 30.6 Å². The van der Waals surface area contributed by atoms with Gasteiger partial charge in [0.05, 0.1) is 11.9 Å². The van der Waals surface area contributed by atoms with Gasteiger partial charge in [0.1, 0.15) is 0 Å². The average molecular weight is 187 g/mol. The van der Waals surface area contributed by atoms with Gasteiger partial charge >= 0.3 is 0 Å². The Kier molecular flexibility index (Phi) is 2.00. The van der Waals surface area contributed by atoms with Crippen molar-refractivity contribution in [3.05, 3.63) is 41.7 Å². The lowest BCUT2D eigenvalue weighted by Crippen LogP contribution is -1.98. The van der Waals surface area contributed by atoms with E-state index in [0.29, 0.717) is 0 Å². The van der Waals surface area contributed by atoms with Crippen molar-refractivity contribution in [2.45, 2.75) is 13.8 Å². The highest BCUT2D eigenvalue weighted by Crippen LogP contribution is 2.16. The third kappa shape index (κ3) is 1.48. The molecule has 1 aromatic heterocycles. The minimum absolute atomic E-state index is 0.787. The van der Waals surface area contributed by atoms with Gasteiger partial charge in [0.15, 0.2) is 0 Å². The molecular weight excluding hydrogens is 174 g/mol. The molecule has 3 nitrogen and oxygen atoms in total. The number of benzene rings is 1. The Morgan fingerprint density at radius 1 is 1.29 bits per heavy atom. The van der Waals surface area contributed by atoms with E-state index in [1.807, 2.05) is 49.1 Å². The van der Waals surface area contributed by atoms with Gasteiger partial charge in [0.25, 0.3) is 0 Å². The molecule has 0 saturated heterocycles. The minimum atomic E-state index is 0.787. The van der Waals surface area contributed by atoms with Crippen molar-refractivity contribution < 1.29 is 0 Å². The highest BCUT2D eigenvalue weighted by atomic mass is 15.3. The zero-order chi connectivity index (χ0) is 10.1. The average Bonchev–Trinajstić information content (AvgIpc) is 2.51. The van der Waals surface area contributed by atoms with Crippen LogP contribution in [0.5, 0.6) is 0 Å². The fourth-order valence-electron chi connectivity index (χ4n) is 1.48. The first-order valence-corrected chi connectivity index (χ1v) is 4.54. The quantitative estimate of drug-likeness (QED) is 0.694. The SMILES string of the molecule is Cc1cnn(-c2ccc(N)cc2C)c1. The highest BCUT2D eigenvalue weighted by Gasteiger charge is 2.01. The molecule has 0 fully saturated rings. The first kappa shape index (κ1) is 8.81. The summed E-state index contributed by atoms with van der Waals surface area (Å²) in [6.45, 7) is 4.05. The standard InChI is InChI=1S/C11H13N3/c1-8-6-13-14(7-8)11-4-3-10(12)5-9(11)2/h3-7H,12H2,1-2H3. The summed E-state index contributed by atoms with van der Waals surface area (Å²) in [6.07, 6.45) is 3.84. The Balaban J connectivity index is 2.52. The fourth-order valence-corrected chi connectivity index (χ4v) is 1.48. The molecule has 72 valence electrons. The molecule has 0 spiro atoms. The van der Waals surface area contributed by atoms with Crippen molar-refractivity contribution >= 4 is 5.69 Å². The molecule has 0 aliphatic rings. The van der Waals surface area contributed by atoms with Crippen LogP contribution in [0.3, 0.4) is 0 Å². The first-order chi connectivity index (χ1) is 6.66. The van der Waals surface area contributed by atoms with Crippen LogP contribution in [0, 0.1) is 13.8 Å². The number of nitrogen functional groups attached to an aromatic ring is 1. The second-order valence-corrected chi connectivity index (χ2v) is 3.51. The fraction of sp³-hybridized carbons (Fsp3) is 0.182. The Hall–Kier alpha value is -1.77. The molecule has 0 saturated carbocycles. The maximum absolute atomic E-state index is 5.68. The smallest absolute Gasteiger partial charge is 0.0676 e. The van der Waals surface area contributed by atoms with Crippen LogP contribution >= 0.6 is 0 Å². The molecule has 0 amide bonds. The van der Waals surface area contributed by atoms with E-state index in [9.17, 15) is 0 Å². The normalized spacial score (nSPS) is 10.4. The molecule has 0 atom stereocenters. The Morgan fingerprint density at radius 3 is 2.64 bits per heavy atom. The van der Waals surface area contributed by atoms with E-state index in [4.69, 9.17) is 5.73 Å². The molecule has 2 aromatic rings. The monoisotopic (exact) mass is 187 g/mol. The van der Waals surface area contributed by atoms with Crippen molar-refractivity contribution in [2.75, 3.05) is 5.73 Å². The third-order valence-electron chi connectivity index (χ3n) is 2.18. The van der Waals surface area contributed by atoms with Crippen molar-refractivity contribution in [1.82, 2.24) is 9.78 Å². The van der Waals surface area contributed by atoms with Crippen LogP contribution in [0.2, 0.25) is 0 Å². The van der Waals surface area contributed by atoms with E-state index < -0.39 is 0 Å². The summed E-state index contributed by atoms with van der Waals surface area (Å²) in [5, 5.41) is 4.25. The summed E-state index contributed by atoms with van der Waals surface area (Å²) in [5.41, 5.74) is 9.83. The number of aryl methyl sites for hydroxylation is 2. The molecule has 1 aromatic carbocycles. The Morgan fingerprint density at radius 2 is 2.07 bits per heavy atom. The minimum Gasteiger partial charge on any atom is -0.399 e. The zero-order valence-corrected chi connectivity index (χ0v) is 8.36. The van der Waals surface area contributed by atoms with Crippen molar-refractivity contribution in [3.8, 4) is 5.69 Å². The third-order valence-corrected chi connectivity index (χ3v) is 2.18. The summed E-state index contributed by atoms with van der Waals surface area (Å²) in [4.78, 5) is 0. The molecule has 0 radical (unpaired) electrons. The summed E-state index contributed by atoms with van der Waals surface area (Å²) in [5.74, 6) is 0. The van der Waals surface area contributed by atoms with Crippen LogP contribution in [0.4, 0.5) is 5.69 Å². The van der Waals surface area contributed by atoms with Crippen molar-refractivity contribution in [2.24, 2.45) is 0 Å². The van der Waals surface area contributed by atoms with Crippen molar-refractivity contribution in [3.63, 3.8) is 0 Å². The Labute approximate surface area is 83.2 Å². The van der Waals surface area contributed by atoms with Crippen LogP contribution in [-0.2, 0) is 0 Å². The number of aromatic nitrogens is 2. The van der Waals surface area contributed by atoms with Crippen LogP contribution < -0.4 is 5.73 Å². The molecule has 0 aliphatic carbocycles. The zero-order valence-electron chi connectivity index (χ0n) is 8.36. The predicted octanol–water partition coefficient (Wildman–Crippen LogP) is 2.07. The van der Waals surface area contributed by atoms with Gasteiger partial charge in [0.2, 0.25) is 0 Å². The second-order valence-electron chi connectivity index (χ2n) is 3.51. The molecule has 0 bridgehead atoms. The summed E-state index contributed by atoms with van der Waals surface area (Å²) in [6, 6.07) is 5.82. The van der Waals surface area contributed by atoms with Crippen LogP contribution in [0.1, 0.15) is 11.1 Å². The molecule has 0 unspecified atom stereocenters. The molecule has 0 aliphatic heterocycles. The Bertz CT molecular complexity index is 457. The number of nitrogens with zero attached hydrogens (tertiary/aromatic N) is 2. The lowest BCUT2D eigenvalue weighted by Gasteiger charge is -2.05. The van der Waals surface area contributed by atoms with Crippen molar-refractivity contribution in [1.29, 1.82) is 0 Å². The van der Waals surface area contributed by atoms with Gasteiger partial charge in [-0.1, -0.05) is 0 Å². The van der Waals surface area contributed by atoms with Gasteiger partial charge in [-0.2, -0.15) is 5.10 Å². The topological polar surface area (TPSA) is 43.8 Å². The van der Waals surface area contributed by atoms with Gasteiger partial charge in [-0.05, 0) is 43.2 Å². The van der Waals surface area contributed by atoms with Gasteiger partial charge in [-0.3, -0.25) is 0 Å². The van der Waals surface area contributed by atoms with E-state index in [0.717, 1.165) is 22.5 Å². The number of rotatable bonds is 1. The summed E-state index contributed by atoms with van der Waals surface area (Å²) >= 11 is 0. The molecule has 1 heterocycles. The highest BCUT2D eigenvalue weighted by molar-refractivity contribution is 5.50. The predicted molar refractivity (Wildman–Crippen MR) is 57.5 cm³/mol. The van der Waals surface area contributed by atoms with E-state index in [1.54, 1.807) is 0 Å². The molecule has 3 heteroatoms. The first-order valence-electron chi connectivity index (χ1n) is 4.54. The second kappa shape index (κ2) is 3.18. The summed E-state index contributed by atoms with van der Waals surface area (Å²) in [7, 11) is 0. The van der Waals surface area contributed by atoms with Gasteiger partial charge in [0, 0.05) is 11.9 Å². The summed E-state index contributed by atoms with van der Waals surface area (Å²) < 4.78 is 1.87. The molecule has 2 N–H and O–H groups in total. The van der Waals surface area contributed by atoms with Gasteiger partial charge in [-0.15, -0.1) is 0 Å². The molecular formula is C11H13N3. The molecule has 2 rings (SSSR count). The number of nitrogens with two attached hydrogens (primary N) is 1. The van der Waals surface area contributed by atoms with E-state index in [2.05, 4.69) is 5.10 Å². The van der Waals surface area contributed by atoms with E-state index >= 15 is 0 Å². The largest absolute Gasteiger partial charge is 0.399 e. The number of hydrogen-bond acceptors (Lipinski definition) is 2. The molecule has 14 heavy (non-hydrogen) atoms. The van der Waals surface area contributed by atoms with E-state index in [1.165, 1.54) is 0 Å². The number of anilines is 1. The number of hydrogen-bond donors (Lipinski definition) is 1. The van der Waals surface area contributed by atoms with Crippen LogP contribution in [-0.4, -0.2) is 9.78 Å².